The summed E-state index contributed by atoms with van der Waals surface area (Å²) in [6.07, 6.45) is 6.30. The summed E-state index contributed by atoms with van der Waals surface area (Å²) in [5.74, 6) is 1.88. The lowest BCUT2D eigenvalue weighted by atomic mass is 9.68. The first-order valence-electron chi connectivity index (χ1n) is 19.4. The molecule has 0 N–H and O–H groups in total. The van der Waals surface area contributed by atoms with Crippen LogP contribution in [0.3, 0.4) is 0 Å². The van der Waals surface area contributed by atoms with Crippen LogP contribution in [-0.2, 0) is 5.41 Å². The van der Waals surface area contributed by atoms with Gasteiger partial charge in [0.15, 0.2) is 17.5 Å². The lowest BCUT2D eigenvalue weighted by Crippen LogP contribution is -2.27. The van der Waals surface area contributed by atoms with Crippen molar-refractivity contribution in [1.82, 2.24) is 15.0 Å². The average Bonchev–Trinajstić information content (AvgIpc) is 3.77. The van der Waals surface area contributed by atoms with E-state index in [0.717, 1.165) is 55.3 Å². The van der Waals surface area contributed by atoms with Crippen molar-refractivity contribution < 1.29 is 4.42 Å². The molecule has 2 aromatic heterocycles. The first kappa shape index (κ1) is 31.8. The van der Waals surface area contributed by atoms with Crippen LogP contribution in [0.5, 0.6) is 0 Å². The van der Waals surface area contributed by atoms with Gasteiger partial charge < -0.3 is 4.42 Å². The Hall–Kier alpha value is -6.65. The molecule has 0 saturated heterocycles. The minimum absolute atomic E-state index is 0.107. The molecule has 0 unspecified atom stereocenters. The van der Waals surface area contributed by atoms with Crippen LogP contribution in [-0.4, -0.2) is 15.0 Å². The fourth-order valence-corrected chi connectivity index (χ4v) is 9.44. The van der Waals surface area contributed by atoms with Gasteiger partial charge in [-0.2, -0.15) is 0 Å². The molecule has 262 valence electrons. The van der Waals surface area contributed by atoms with Crippen molar-refractivity contribution >= 4 is 21.9 Å². The van der Waals surface area contributed by atoms with Gasteiger partial charge in [0.1, 0.15) is 11.2 Å². The van der Waals surface area contributed by atoms with Crippen molar-refractivity contribution in [2.45, 2.75) is 37.5 Å². The van der Waals surface area contributed by atoms with Gasteiger partial charge in [-0.25, -0.2) is 15.0 Å². The fraction of sp³-hybridized carbons (Fsp3) is 0.118. The van der Waals surface area contributed by atoms with E-state index >= 15 is 0 Å². The highest BCUT2D eigenvalue weighted by molar-refractivity contribution is 6.13. The van der Waals surface area contributed by atoms with Gasteiger partial charge in [0.2, 0.25) is 0 Å². The van der Waals surface area contributed by atoms with Crippen LogP contribution in [0, 0.1) is 0 Å². The van der Waals surface area contributed by atoms with Gasteiger partial charge in [-0.1, -0.05) is 159 Å². The summed E-state index contributed by atoms with van der Waals surface area (Å²) in [7, 11) is 0. The molecule has 2 aliphatic carbocycles. The number of fused-ring (bicyclic) bond motifs is 8. The van der Waals surface area contributed by atoms with Crippen molar-refractivity contribution in [3.63, 3.8) is 0 Å². The van der Waals surface area contributed by atoms with Crippen LogP contribution in [0.2, 0.25) is 0 Å². The quantitative estimate of drug-likeness (QED) is 0.179. The number of nitrogens with zero attached hydrogens (tertiary/aromatic N) is 3. The topological polar surface area (TPSA) is 51.8 Å². The van der Waals surface area contributed by atoms with E-state index in [4.69, 9.17) is 19.4 Å². The summed E-state index contributed by atoms with van der Waals surface area (Å²) >= 11 is 0. The van der Waals surface area contributed by atoms with E-state index in [9.17, 15) is 0 Å². The molecule has 1 spiro atoms. The second kappa shape index (κ2) is 12.7. The summed E-state index contributed by atoms with van der Waals surface area (Å²) in [4.78, 5) is 15.3. The molecule has 2 heterocycles. The summed E-state index contributed by atoms with van der Waals surface area (Å²) in [6.45, 7) is 0. The lowest BCUT2D eigenvalue weighted by Gasteiger charge is -2.36. The monoisotopic (exact) mass is 707 g/mol. The van der Waals surface area contributed by atoms with E-state index < -0.39 is 0 Å². The SMILES string of the molecule is c1ccc(-c2nc(-c3cccc(-c4cccc5c4-c4ccccc4C54CCCCC4)c3)nc(-c3ccc4c(c3)oc3cccc(-c5ccccc5)c34)n2)cc1. The molecule has 1 saturated carbocycles. The van der Waals surface area contributed by atoms with Crippen molar-refractivity contribution in [3.8, 4) is 67.5 Å². The molecule has 55 heavy (non-hydrogen) atoms. The molecule has 9 aromatic rings. The van der Waals surface area contributed by atoms with E-state index in [2.05, 4.69) is 133 Å². The second-order valence-corrected chi connectivity index (χ2v) is 15.0. The highest BCUT2D eigenvalue weighted by atomic mass is 16.3. The van der Waals surface area contributed by atoms with Crippen LogP contribution in [0.25, 0.3) is 89.5 Å². The third-order valence-electron chi connectivity index (χ3n) is 11.9. The third kappa shape index (κ3) is 5.16. The third-order valence-corrected chi connectivity index (χ3v) is 11.9. The largest absolute Gasteiger partial charge is 0.456 e. The zero-order valence-electron chi connectivity index (χ0n) is 30.4. The Morgan fingerprint density at radius 3 is 1.78 bits per heavy atom. The number of hydrogen-bond donors (Lipinski definition) is 0. The minimum Gasteiger partial charge on any atom is -0.456 e. The van der Waals surface area contributed by atoms with Gasteiger partial charge in [0, 0.05) is 32.9 Å². The smallest absolute Gasteiger partial charge is 0.164 e. The minimum atomic E-state index is 0.107. The first-order valence-corrected chi connectivity index (χ1v) is 19.4. The van der Waals surface area contributed by atoms with E-state index in [1.165, 1.54) is 59.9 Å². The van der Waals surface area contributed by atoms with Gasteiger partial charge in [-0.3, -0.25) is 0 Å². The van der Waals surface area contributed by atoms with Gasteiger partial charge in [-0.05, 0) is 81.6 Å². The predicted molar refractivity (Wildman–Crippen MR) is 224 cm³/mol. The molecule has 0 bridgehead atoms. The van der Waals surface area contributed by atoms with Gasteiger partial charge in [0.25, 0.3) is 0 Å². The zero-order valence-corrected chi connectivity index (χ0v) is 30.4. The van der Waals surface area contributed by atoms with E-state index in [1.54, 1.807) is 0 Å². The molecule has 0 aliphatic heterocycles. The maximum Gasteiger partial charge on any atom is 0.164 e. The molecule has 11 rings (SSSR count). The van der Waals surface area contributed by atoms with Crippen molar-refractivity contribution in [2.75, 3.05) is 0 Å². The van der Waals surface area contributed by atoms with Crippen molar-refractivity contribution in [2.24, 2.45) is 0 Å². The number of hydrogen-bond acceptors (Lipinski definition) is 4. The number of rotatable bonds is 5. The Morgan fingerprint density at radius 1 is 0.400 bits per heavy atom. The number of furan rings is 1. The first-order chi connectivity index (χ1) is 27.2. The fourth-order valence-electron chi connectivity index (χ4n) is 9.44. The van der Waals surface area contributed by atoms with Crippen LogP contribution in [0.15, 0.2) is 168 Å². The van der Waals surface area contributed by atoms with Crippen LogP contribution in [0.4, 0.5) is 0 Å². The molecule has 0 amide bonds. The van der Waals surface area contributed by atoms with E-state index in [1.807, 2.05) is 30.3 Å². The maximum atomic E-state index is 6.50. The molecular formula is C51H37N3O. The van der Waals surface area contributed by atoms with Crippen LogP contribution >= 0.6 is 0 Å². The van der Waals surface area contributed by atoms with E-state index in [0.29, 0.717) is 17.5 Å². The van der Waals surface area contributed by atoms with Crippen molar-refractivity contribution in [3.05, 3.63) is 175 Å². The number of aromatic nitrogens is 3. The second-order valence-electron chi connectivity index (χ2n) is 15.0. The molecule has 4 heteroatoms. The summed E-state index contributed by atoms with van der Waals surface area (Å²) in [5.41, 5.74) is 15.0. The molecular weight excluding hydrogens is 671 g/mol. The summed E-state index contributed by atoms with van der Waals surface area (Å²) < 4.78 is 6.50. The Morgan fingerprint density at radius 2 is 0.982 bits per heavy atom. The normalized spacial score (nSPS) is 14.3. The summed E-state index contributed by atoms with van der Waals surface area (Å²) in [5, 5.41) is 2.17. The highest BCUT2D eigenvalue weighted by Gasteiger charge is 2.44. The van der Waals surface area contributed by atoms with E-state index in [-0.39, 0.29) is 5.41 Å². The number of benzene rings is 7. The molecule has 0 radical (unpaired) electrons. The Balaban J connectivity index is 1.05. The molecule has 7 aromatic carbocycles. The standard InChI is InChI=1S/C51H37N3O/c1-4-15-33(16-5-1)38-23-14-26-44-47(38)41-28-27-37(32-45(41)55-44)50-53-48(34-17-6-2-7-18-34)52-49(54-50)36-20-12-19-35(31-36)39-22-13-25-43-46(39)40-21-8-9-24-42(40)51(43)29-10-3-11-30-51/h1-2,4-9,12-28,31-32H,3,10-11,29-30H2. The molecule has 2 aliphatic rings. The maximum absolute atomic E-state index is 6.50. The van der Waals surface area contributed by atoms with Gasteiger partial charge in [0.05, 0.1) is 0 Å². The predicted octanol–water partition coefficient (Wildman–Crippen LogP) is 13.3. The molecule has 1 fully saturated rings. The van der Waals surface area contributed by atoms with Crippen LogP contribution < -0.4 is 0 Å². The highest BCUT2D eigenvalue weighted by Crippen LogP contribution is 2.57. The average molecular weight is 708 g/mol. The van der Waals surface area contributed by atoms with Gasteiger partial charge >= 0.3 is 0 Å². The van der Waals surface area contributed by atoms with Crippen LogP contribution in [0.1, 0.15) is 43.2 Å². The Kier molecular flexibility index (Phi) is 7.38. The van der Waals surface area contributed by atoms with Gasteiger partial charge in [-0.15, -0.1) is 0 Å². The Bertz CT molecular complexity index is 2900. The molecule has 4 nitrogen and oxygen atoms in total. The van der Waals surface area contributed by atoms with Crippen molar-refractivity contribution in [1.29, 1.82) is 0 Å². The Labute approximate surface area is 320 Å². The molecule has 0 atom stereocenters. The zero-order chi connectivity index (χ0) is 36.3. The lowest BCUT2D eigenvalue weighted by molar-refractivity contribution is 0.353. The summed E-state index contributed by atoms with van der Waals surface area (Å²) in [6, 6.07) is 58.0.